The van der Waals surface area contributed by atoms with Gasteiger partial charge >= 0.3 is 6.09 Å². The molecule has 1 N–H and O–H groups in total. The van der Waals surface area contributed by atoms with Gasteiger partial charge in [0.2, 0.25) is 0 Å². The number of rotatable bonds is 6. The van der Waals surface area contributed by atoms with Crippen LogP contribution >= 0.6 is 11.8 Å². The molecule has 1 saturated heterocycles. The zero-order valence-electron chi connectivity index (χ0n) is 14.9. The van der Waals surface area contributed by atoms with Gasteiger partial charge in [0.25, 0.3) is 0 Å². The molecule has 1 aliphatic heterocycles. The molecular weight excluding hydrogens is 348 g/mol. The molecule has 1 aliphatic rings. The van der Waals surface area contributed by atoms with Crippen molar-refractivity contribution in [2.24, 2.45) is 5.92 Å². The molecule has 5 nitrogen and oxygen atoms in total. The molecule has 26 heavy (non-hydrogen) atoms. The Kier molecular flexibility index (Phi) is 6.39. The van der Waals surface area contributed by atoms with Gasteiger partial charge in [0.05, 0.1) is 18.5 Å². The molecule has 3 rings (SSSR count). The van der Waals surface area contributed by atoms with Crippen LogP contribution in [0.1, 0.15) is 18.4 Å². The van der Waals surface area contributed by atoms with E-state index in [1.807, 2.05) is 23.9 Å². The number of carboxylic acid groups (broad SMARTS) is 1. The van der Waals surface area contributed by atoms with Crippen molar-refractivity contribution in [2.75, 3.05) is 26.0 Å². The summed E-state index contributed by atoms with van der Waals surface area (Å²) in [5.74, 6) is 2.17. The summed E-state index contributed by atoms with van der Waals surface area (Å²) in [7, 11) is 0. The van der Waals surface area contributed by atoms with Crippen molar-refractivity contribution in [3.05, 3.63) is 48.2 Å². The maximum absolute atomic E-state index is 10.9. The summed E-state index contributed by atoms with van der Waals surface area (Å²) >= 11 is 1.81. The number of likely N-dealkylation sites (tertiary alicyclic amines) is 1. The molecule has 138 valence electrons. The summed E-state index contributed by atoms with van der Waals surface area (Å²) in [4.78, 5) is 16.9. The number of hydrogen-bond donors (Lipinski definition) is 1. The molecule has 2 heterocycles. The summed E-state index contributed by atoms with van der Waals surface area (Å²) in [6, 6.07) is 12.4. The number of piperidine rings is 1. The number of amides is 1. The normalized spacial score (nSPS) is 15.0. The zero-order valence-corrected chi connectivity index (χ0v) is 15.7. The summed E-state index contributed by atoms with van der Waals surface area (Å²) in [5.41, 5.74) is 3.35. The lowest BCUT2D eigenvalue weighted by atomic mass is 9.98. The van der Waals surface area contributed by atoms with E-state index in [4.69, 9.17) is 9.84 Å². The van der Waals surface area contributed by atoms with Gasteiger partial charge in [-0.05, 0) is 42.7 Å². The van der Waals surface area contributed by atoms with Crippen LogP contribution in [0.5, 0.6) is 5.75 Å². The Morgan fingerprint density at radius 1 is 1.23 bits per heavy atom. The van der Waals surface area contributed by atoms with Gasteiger partial charge in [0, 0.05) is 24.4 Å². The highest BCUT2D eigenvalue weighted by Crippen LogP contribution is 2.23. The van der Waals surface area contributed by atoms with Gasteiger partial charge in [-0.25, -0.2) is 4.79 Å². The first-order valence-corrected chi connectivity index (χ1v) is 10.2. The maximum atomic E-state index is 10.9. The molecule has 6 heteroatoms. The van der Waals surface area contributed by atoms with E-state index in [0.717, 1.165) is 35.6 Å². The average molecular weight is 372 g/mol. The largest absolute Gasteiger partial charge is 0.492 e. The molecular formula is C20H24N2O3S. The van der Waals surface area contributed by atoms with E-state index in [-0.39, 0.29) is 0 Å². The number of hydrogen-bond acceptors (Lipinski definition) is 4. The summed E-state index contributed by atoms with van der Waals surface area (Å²) in [6.45, 7) is 1.79. The molecule has 0 spiro atoms. The van der Waals surface area contributed by atoms with Crippen LogP contribution in [0.3, 0.4) is 0 Å². The van der Waals surface area contributed by atoms with Crippen LogP contribution in [0.25, 0.3) is 11.3 Å². The van der Waals surface area contributed by atoms with E-state index in [0.29, 0.717) is 25.6 Å². The van der Waals surface area contributed by atoms with Gasteiger partial charge in [-0.15, -0.1) is 0 Å². The highest BCUT2D eigenvalue weighted by atomic mass is 32.2. The number of pyridine rings is 1. The fourth-order valence-electron chi connectivity index (χ4n) is 3.08. The fourth-order valence-corrected chi connectivity index (χ4v) is 3.61. The Labute approximate surface area is 158 Å². The highest BCUT2D eigenvalue weighted by Gasteiger charge is 2.22. The Bertz CT molecular complexity index is 711. The molecule has 0 radical (unpaired) electrons. The van der Waals surface area contributed by atoms with Crippen LogP contribution in [0.4, 0.5) is 4.79 Å². The van der Waals surface area contributed by atoms with Crippen molar-refractivity contribution in [1.82, 2.24) is 9.88 Å². The molecule has 1 amide bonds. The minimum Gasteiger partial charge on any atom is -0.492 e. The molecule has 0 bridgehead atoms. The minimum atomic E-state index is -0.828. The van der Waals surface area contributed by atoms with Crippen molar-refractivity contribution in [2.45, 2.75) is 18.6 Å². The highest BCUT2D eigenvalue weighted by molar-refractivity contribution is 7.97. The molecule has 0 atom stereocenters. The van der Waals surface area contributed by atoms with Gasteiger partial charge in [0.15, 0.2) is 0 Å². The zero-order chi connectivity index (χ0) is 18.4. The lowest BCUT2D eigenvalue weighted by Gasteiger charge is -2.29. The Balaban J connectivity index is 1.51. The standard InChI is InChI=1S/C20H24N2O3S/c1-26-14-16-2-4-17(5-3-16)19-7-6-18(12-21-19)25-13-15-8-10-22(11-9-15)20(23)24/h2-7,12,15H,8-11,13-14H2,1H3,(H,23,24). The molecule has 0 unspecified atom stereocenters. The smallest absolute Gasteiger partial charge is 0.407 e. The van der Waals surface area contributed by atoms with Crippen LogP contribution in [-0.2, 0) is 5.75 Å². The predicted molar refractivity (Wildman–Crippen MR) is 105 cm³/mol. The third-order valence-corrected chi connectivity index (χ3v) is 5.29. The summed E-state index contributed by atoms with van der Waals surface area (Å²) in [6.07, 6.45) is 4.73. The first kappa shape index (κ1) is 18.6. The van der Waals surface area contributed by atoms with E-state index >= 15 is 0 Å². The van der Waals surface area contributed by atoms with Gasteiger partial charge in [0.1, 0.15) is 5.75 Å². The van der Waals surface area contributed by atoms with Crippen molar-refractivity contribution >= 4 is 17.9 Å². The second-order valence-corrected chi connectivity index (χ2v) is 7.40. The predicted octanol–water partition coefficient (Wildman–Crippen LogP) is 4.38. The van der Waals surface area contributed by atoms with Gasteiger partial charge in [-0.2, -0.15) is 11.8 Å². The van der Waals surface area contributed by atoms with Crippen LogP contribution in [0.2, 0.25) is 0 Å². The Morgan fingerprint density at radius 3 is 2.54 bits per heavy atom. The van der Waals surface area contributed by atoms with Gasteiger partial charge < -0.3 is 14.7 Å². The minimum absolute atomic E-state index is 0.397. The first-order chi connectivity index (χ1) is 12.7. The van der Waals surface area contributed by atoms with Gasteiger partial charge in [-0.3, -0.25) is 4.98 Å². The summed E-state index contributed by atoms with van der Waals surface area (Å²) in [5, 5.41) is 8.98. The van der Waals surface area contributed by atoms with Crippen molar-refractivity contribution in [3.8, 4) is 17.0 Å². The third-order valence-electron chi connectivity index (χ3n) is 4.67. The molecule has 0 aliphatic carbocycles. The SMILES string of the molecule is CSCc1ccc(-c2ccc(OCC3CCN(C(=O)O)CC3)cn2)cc1. The fraction of sp³-hybridized carbons (Fsp3) is 0.400. The lowest BCUT2D eigenvalue weighted by Crippen LogP contribution is -2.38. The van der Waals surface area contributed by atoms with E-state index in [2.05, 4.69) is 35.5 Å². The van der Waals surface area contributed by atoms with Crippen LogP contribution < -0.4 is 4.74 Å². The number of benzene rings is 1. The topological polar surface area (TPSA) is 62.7 Å². The average Bonchev–Trinajstić information content (AvgIpc) is 2.68. The third kappa shape index (κ3) is 4.91. The Hall–Kier alpha value is -2.21. The van der Waals surface area contributed by atoms with E-state index in [9.17, 15) is 4.79 Å². The number of carbonyl (C=O) groups is 1. The van der Waals surface area contributed by atoms with Crippen molar-refractivity contribution in [3.63, 3.8) is 0 Å². The molecule has 0 saturated carbocycles. The van der Waals surface area contributed by atoms with Crippen molar-refractivity contribution < 1.29 is 14.6 Å². The second kappa shape index (κ2) is 8.94. The van der Waals surface area contributed by atoms with E-state index in [1.54, 1.807) is 6.20 Å². The molecule has 1 aromatic carbocycles. The van der Waals surface area contributed by atoms with Crippen LogP contribution in [0, 0.1) is 5.92 Å². The molecule has 1 aromatic heterocycles. The second-order valence-electron chi connectivity index (χ2n) is 6.53. The number of thioether (sulfide) groups is 1. The van der Waals surface area contributed by atoms with E-state index in [1.165, 1.54) is 10.5 Å². The monoisotopic (exact) mass is 372 g/mol. The first-order valence-electron chi connectivity index (χ1n) is 8.80. The Morgan fingerprint density at radius 2 is 1.96 bits per heavy atom. The summed E-state index contributed by atoms with van der Waals surface area (Å²) < 4.78 is 5.85. The van der Waals surface area contributed by atoms with Crippen LogP contribution in [0.15, 0.2) is 42.6 Å². The molecule has 2 aromatic rings. The van der Waals surface area contributed by atoms with Crippen molar-refractivity contribution in [1.29, 1.82) is 0 Å². The van der Waals surface area contributed by atoms with E-state index < -0.39 is 6.09 Å². The number of aromatic nitrogens is 1. The van der Waals surface area contributed by atoms with Crippen LogP contribution in [-0.4, -0.2) is 47.0 Å². The lowest BCUT2D eigenvalue weighted by molar-refractivity contribution is 0.111. The maximum Gasteiger partial charge on any atom is 0.407 e. The quantitative estimate of drug-likeness (QED) is 0.815. The molecule has 1 fully saturated rings. The number of ether oxygens (including phenoxy) is 1. The number of nitrogens with zero attached hydrogens (tertiary/aromatic N) is 2. The van der Waals surface area contributed by atoms with Gasteiger partial charge in [-0.1, -0.05) is 24.3 Å².